The van der Waals surface area contributed by atoms with Crippen molar-refractivity contribution >= 4 is 23.2 Å². The Morgan fingerprint density at radius 2 is 2.15 bits per heavy atom. The fourth-order valence-electron chi connectivity index (χ4n) is 1.59. The Labute approximate surface area is 121 Å². The molecule has 0 aliphatic rings. The lowest BCUT2D eigenvalue weighted by Gasteiger charge is -2.07. The summed E-state index contributed by atoms with van der Waals surface area (Å²) in [6.07, 6.45) is 1.69. The molecule has 2 aromatic rings. The molecule has 4 nitrogen and oxygen atoms in total. The molecule has 1 heterocycles. The first-order valence-electron chi connectivity index (χ1n) is 6.00. The van der Waals surface area contributed by atoms with Crippen LogP contribution in [0.1, 0.15) is 5.69 Å². The van der Waals surface area contributed by atoms with E-state index in [0.717, 1.165) is 5.69 Å². The second kappa shape index (κ2) is 6.98. The van der Waals surface area contributed by atoms with Gasteiger partial charge in [-0.2, -0.15) is 0 Å². The lowest BCUT2D eigenvalue weighted by molar-refractivity contribution is -0.115. The van der Waals surface area contributed by atoms with Crippen LogP contribution in [-0.4, -0.2) is 17.4 Å². The van der Waals surface area contributed by atoms with Crippen LogP contribution in [0.5, 0.6) is 0 Å². The summed E-state index contributed by atoms with van der Waals surface area (Å²) < 4.78 is 13.0. The number of carbonyl (C=O) groups excluding carboxylic acids is 1. The fraction of sp³-hybridized carbons (Fsp3) is 0.143. The van der Waals surface area contributed by atoms with Crippen molar-refractivity contribution < 1.29 is 9.18 Å². The van der Waals surface area contributed by atoms with Crippen molar-refractivity contribution in [1.82, 2.24) is 10.3 Å². The molecule has 0 atom stereocenters. The number of rotatable bonds is 5. The molecule has 20 heavy (non-hydrogen) atoms. The van der Waals surface area contributed by atoms with Crippen molar-refractivity contribution in [3.05, 3.63) is 59.1 Å². The molecular formula is C14H13ClFN3O. The zero-order valence-electron chi connectivity index (χ0n) is 10.6. The van der Waals surface area contributed by atoms with Crippen molar-refractivity contribution in [3.63, 3.8) is 0 Å². The van der Waals surface area contributed by atoms with Crippen LogP contribution in [0.25, 0.3) is 0 Å². The van der Waals surface area contributed by atoms with Crippen molar-refractivity contribution in [3.8, 4) is 0 Å². The topological polar surface area (TPSA) is 54.0 Å². The summed E-state index contributed by atoms with van der Waals surface area (Å²) >= 11 is 5.63. The van der Waals surface area contributed by atoms with Crippen LogP contribution in [0.3, 0.4) is 0 Å². The minimum atomic E-state index is -0.516. The zero-order chi connectivity index (χ0) is 14.4. The van der Waals surface area contributed by atoms with E-state index in [1.54, 1.807) is 6.20 Å². The maximum atomic E-state index is 13.0. The fourth-order valence-corrected chi connectivity index (χ4v) is 1.77. The van der Waals surface area contributed by atoms with Crippen molar-refractivity contribution in [2.75, 3.05) is 11.9 Å². The average Bonchev–Trinajstić information content (AvgIpc) is 2.44. The molecule has 0 bridgehead atoms. The number of carbonyl (C=O) groups is 1. The largest absolute Gasteiger partial charge is 0.325 e. The average molecular weight is 294 g/mol. The highest BCUT2D eigenvalue weighted by Gasteiger charge is 2.05. The summed E-state index contributed by atoms with van der Waals surface area (Å²) in [5, 5.41) is 5.57. The van der Waals surface area contributed by atoms with Crippen molar-refractivity contribution in [2.24, 2.45) is 0 Å². The summed E-state index contributed by atoms with van der Waals surface area (Å²) in [7, 11) is 0. The molecule has 0 aliphatic carbocycles. The Morgan fingerprint density at radius 3 is 2.85 bits per heavy atom. The lowest BCUT2D eigenvalue weighted by Crippen LogP contribution is -2.27. The number of nitrogens with zero attached hydrogens (tertiary/aromatic N) is 1. The lowest BCUT2D eigenvalue weighted by atomic mass is 10.3. The summed E-state index contributed by atoms with van der Waals surface area (Å²) in [5.41, 5.74) is 1.31. The van der Waals surface area contributed by atoms with Gasteiger partial charge in [-0.3, -0.25) is 9.78 Å². The van der Waals surface area contributed by atoms with Gasteiger partial charge >= 0.3 is 0 Å². The van der Waals surface area contributed by atoms with E-state index >= 15 is 0 Å². The molecule has 0 aliphatic heterocycles. The number of hydrogen-bond acceptors (Lipinski definition) is 3. The van der Waals surface area contributed by atoms with Gasteiger partial charge in [-0.05, 0) is 30.3 Å². The molecule has 0 spiro atoms. The van der Waals surface area contributed by atoms with Gasteiger partial charge in [0.15, 0.2) is 0 Å². The van der Waals surface area contributed by atoms with E-state index in [4.69, 9.17) is 11.6 Å². The Morgan fingerprint density at radius 1 is 1.30 bits per heavy atom. The predicted molar refractivity (Wildman–Crippen MR) is 76.0 cm³/mol. The number of nitrogens with one attached hydrogen (secondary N) is 2. The first kappa shape index (κ1) is 14.4. The van der Waals surface area contributed by atoms with Crippen LogP contribution in [0.4, 0.5) is 10.1 Å². The summed E-state index contributed by atoms with van der Waals surface area (Å²) in [4.78, 5) is 15.8. The third kappa shape index (κ3) is 4.29. The number of aromatic nitrogens is 1. The molecule has 0 fully saturated rings. The van der Waals surface area contributed by atoms with Gasteiger partial charge in [0, 0.05) is 18.4 Å². The van der Waals surface area contributed by atoms with Crippen molar-refractivity contribution in [2.45, 2.75) is 6.54 Å². The minimum absolute atomic E-state index is 0.0238. The first-order chi connectivity index (χ1) is 9.65. The number of halogens is 2. The van der Waals surface area contributed by atoms with Gasteiger partial charge in [0.1, 0.15) is 5.82 Å². The summed E-state index contributed by atoms with van der Waals surface area (Å²) in [6, 6.07) is 9.61. The van der Waals surface area contributed by atoms with Gasteiger partial charge in [-0.15, -0.1) is 0 Å². The molecular weight excluding hydrogens is 281 g/mol. The molecule has 0 saturated carbocycles. The molecule has 0 radical (unpaired) electrons. The van der Waals surface area contributed by atoms with Gasteiger partial charge < -0.3 is 10.6 Å². The van der Waals surface area contributed by atoms with Crippen LogP contribution < -0.4 is 10.6 Å². The molecule has 1 amide bonds. The third-order valence-electron chi connectivity index (χ3n) is 2.52. The maximum Gasteiger partial charge on any atom is 0.238 e. The van der Waals surface area contributed by atoms with Crippen molar-refractivity contribution in [1.29, 1.82) is 0 Å². The summed E-state index contributed by atoms with van der Waals surface area (Å²) in [6.45, 7) is 0.629. The van der Waals surface area contributed by atoms with Gasteiger partial charge in [0.05, 0.1) is 17.3 Å². The molecule has 1 aromatic carbocycles. The SMILES string of the molecule is O=C(CNCc1ccccn1)Nc1ccc(F)c(Cl)c1. The van der Waals surface area contributed by atoms with Crippen LogP contribution in [-0.2, 0) is 11.3 Å². The number of anilines is 1. The van der Waals surface area contributed by atoms with E-state index in [1.165, 1.54) is 18.2 Å². The Hall–Kier alpha value is -1.98. The number of pyridine rings is 1. The van der Waals surface area contributed by atoms with Crippen LogP contribution in [0, 0.1) is 5.82 Å². The molecule has 6 heteroatoms. The molecule has 0 saturated heterocycles. The summed E-state index contributed by atoms with van der Waals surface area (Å²) in [5.74, 6) is -0.749. The van der Waals surface area contributed by atoms with Crippen LogP contribution >= 0.6 is 11.6 Å². The van der Waals surface area contributed by atoms with E-state index in [0.29, 0.717) is 12.2 Å². The Bertz CT molecular complexity index is 592. The van der Waals surface area contributed by atoms with Gasteiger partial charge in [-0.25, -0.2) is 4.39 Å². The van der Waals surface area contributed by atoms with E-state index in [1.807, 2.05) is 18.2 Å². The Balaban J connectivity index is 1.79. The van der Waals surface area contributed by atoms with E-state index in [-0.39, 0.29) is 17.5 Å². The second-order valence-corrected chi connectivity index (χ2v) is 4.51. The quantitative estimate of drug-likeness (QED) is 0.891. The standard InChI is InChI=1S/C14H13ClFN3O/c15-12-7-10(4-5-13(12)16)19-14(20)9-17-8-11-3-1-2-6-18-11/h1-7,17H,8-9H2,(H,19,20). The number of benzene rings is 1. The minimum Gasteiger partial charge on any atom is -0.325 e. The van der Waals surface area contributed by atoms with E-state index in [2.05, 4.69) is 15.6 Å². The van der Waals surface area contributed by atoms with Gasteiger partial charge in [-0.1, -0.05) is 17.7 Å². The van der Waals surface area contributed by atoms with Gasteiger partial charge in [0.25, 0.3) is 0 Å². The van der Waals surface area contributed by atoms with Crippen LogP contribution in [0.2, 0.25) is 5.02 Å². The predicted octanol–water partition coefficient (Wildman–Crippen LogP) is 2.60. The van der Waals surface area contributed by atoms with Gasteiger partial charge in [0.2, 0.25) is 5.91 Å². The molecule has 2 N–H and O–H groups in total. The second-order valence-electron chi connectivity index (χ2n) is 4.10. The normalized spacial score (nSPS) is 10.3. The Kier molecular flexibility index (Phi) is 5.03. The first-order valence-corrected chi connectivity index (χ1v) is 6.38. The highest BCUT2D eigenvalue weighted by Crippen LogP contribution is 2.19. The van der Waals surface area contributed by atoms with Crippen LogP contribution in [0.15, 0.2) is 42.6 Å². The van der Waals surface area contributed by atoms with E-state index in [9.17, 15) is 9.18 Å². The zero-order valence-corrected chi connectivity index (χ0v) is 11.3. The highest BCUT2D eigenvalue weighted by atomic mass is 35.5. The molecule has 2 rings (SSSR count). The number of amides is 1. The number of hydrogen-bond donors (Lipinski definition) is 2. The van der Waals surface area contributed by atoms with E-state index < -0.39 is 5.82 Å². The smallest absolute Gasteiger partial charge is 0.238 e. The monoisotopic (exact) mass is 293 g/mol. The molecule has 1 aromatic heterocycles. The molecule has 0 unspecified atom stereocenters. The maximum absolute atomic E-state index is 13.0. The third-order valence-corrected chi connectivity index (χ3v) is 2.81. The highest BCUT2D eigenvalue weighted by molar-refractivity contribution is 6.31. The molecule has 104 valence electrons.